The number of esters is 1. The largest absolute Gasteiger partial charge is 0.452 e. The first-order valence-electron chi connectivity index (χ1n) is 10.3. The monoisotopic (exact) mass is 439 g/mol. The number of para-hydroxylation sites is 1. The van der Waals surface area contributed by atoms with Crippen LogP contribution in [0.15, 0.2) is 97.3 Å². The van der Waals surface area contributed by atoms with Crippen molar-refractivity contribution in [2.75, 3.05) is 11.9 Å². The number of hydrogen-bond donors (Lipinski definition) is 1. The number of rotatable bonds is 8. The van der Waals surface area contributed by atoms with Gasteiger partial charge in [0.25, 0.3) is 5.91 Å². The number of carbonyl (C=O) groups excluding carboxylic acids is 3. The number of ether oxygens (including phenoxy) is 1. The Morgan fingerprint density at radius 3 is 2.24 bits per heavy atom. The zero-order valence-electron chi connectivity index (χ0n) is 17.7. The van der Waals surface area contributed by atoms with Gasteiger partial charge in [-0.25, -0.2) is 4.79 Å². The van der Waals surface area contributed by atoms with Crippen molar-refractivity contribution in [3.8, 4) is 0 Å². The van der Waals surface area contributed by atoms with Gasteiger partial charge in [-0.2, -0.15) is 5.10 Å². The summed E-state index contributed by atoms with van der Waals surface area (Å²) in [5, 5.41) is 6.81. The van der Waals surface area contributed by atoms with Crippen LogP contribution in [-0.2, 0) is 16.1 Å². The lowest BCUT2D eigenvalue weighted by molar-refractivity contribution is -0.119. The van der Waals surface area contributed by atoms with Crippen LogP contribution in [0.25, 0.3) is 0 Å². The first kappa shape index (κ1) is 21.7. The highest BCUT2D eigenvalue weighted by Gasteiger charge is 2.17. The van der Waals surface area contributed by atoms with Crippen molar-refractivity contribution in [1.82, 2.24) is 9.78 Å². The Balaban J connectivity index is 1.35. The number of benzene rings is 3. The molecule has 0 saturated heterocycles. The topological polar surface area (TPSA) is 90.3 Å². The number of carbonyl (C=O) groups is 3. The highest BCUT2D eigenvalue weighted by Crippen LogP contribution is 2.19. The quantitative estimate of drug-likeness (QED) is 0.332. The fraction of sp³-hybridized carbons (Fsp3) is 0.0769. The summed E-state index contributed by atoms with van der Waals surface area (Å²) < 4.78 is 6.74. The minimum absolute atomic E-state index is 0.214. The lowest BCUT2D eigenvalue weighted by Gasteiger charge is -2.10. The van der Waals surface area contributed by atoms with Crippen molar-refractivity contribution >= 4 is 23.3 Å². The maximum absolute atomic E-state index is 12.8. The first-order valence-corrected chi connectivity index (χ1v) is 10.3. The molecule has 0 aliphatic rings. The normalized spacial score (nSPS) is 10.4. The van der Waals surface area contributed by atoms with E-state index in [9.17, 15) is 14.4 Å². The molecule has 3 aromatic carbocycles. The minimum atomic E-state index is -0.655. The number of aromatic nitrogens is 2. The summed E-state index contributed by atoms with van der Waals surface area (Å²) >= 11 is 0. The second-order valence-corrected chi connectivity index (χ2v) is 7.28. The SMILES string of the molecule is O=C(COC(=O)c1cnn(Cc2ccccc2)c1)Nc1ccccc1C(=O)c1ccccc1. The van der Waals surface area contributed by atoms with Crippen molar-refractivity contribution in [2.45, 2.75) is 6.54 Å². The Kier molecular flexibility index (Phi) is 6.70. The summed E-state index contributed by atoms with van der Waals surface area (Å²) in [4.78, 5) is 37.5. The van der Waals surface area contributed by atoms with E-state index in [-0.39, 0.29) is 11.3 Å². The number of ketones is 1. The zero-order valence-corrected chi connectivity index (χ0v) is 17.7. The van der Waals surface area contributed by atoms with Gasteiger partial charge in [0, 0.05) is 17.3 Å². The molecular formula is C26H21N3O4. The van der Waals surface area contributed by atoms with Crippen molar-refractivity contribution in [1.29, 1.82) is 0 Å². The average molecular weight is 439 g/mol. The van der Waals surface area contributed by atoms with E-state index >= 15 is 0 Å². The van der Waals surface area contributed by atoms with Crippen LogP contribution in [-0.4, -0.2) is 34.0 Å². The van der Waals surface area contributed by atoms with Crippen LogP contribution in [0.4, 0.5) is 5.69 Å². The second-order valence-electron chi connectivity index (χ2n) is 7.28. The van der Waals surface area contributed by atoms with E-state index in [1.54, 1.807) is 59.4 Å². The van der Waals surface area contributed by atoms with Crippen molar-refractivity contribution in [3.63, 3.8) is 0 Å². The molecule has 1 amide bonds. The standard InChI is InChI=1S/C26H21N3O4/c30-24(28-23-14-8-7-13-22(23)25(31)20-11-5-2-6-12-20)18-33-26(32)21-15-27-29(17-21)16-19-9-3-1-4-10-19/h1-15,17H,16,18H2,(H,28,30). The Hall–Kier alpha value is -4.52. The molecule has 164 valence electrons. The fourth-order valence-electron chi connectivity index (χ4n) is 3.26. The van der Waals surface area contributed by atoms with Gasteiger partial charge in [0.15, 0.2) is 12.4 Å². The molecule has 0 spiro atoms. The third kappa shape index (κ3) is 5.59. The van der Waals surface area contributed by atoms with Crippen molar-refractivity contribution in [2.24, 2.45) is 0 Å². The summed E-state index contributed by atoms with van der Waals surface area (Å²) in [6.07, 6.45) is 2.97. The smallest absolute Gasteiger partial charge is 0.341 e. The van der Waals surface area contributed by atoms with E-state index in [4.69, 9.17) is 4.74 Å². The van der Waals surface area contributed by atoms with E-state index in [1.807, 2.05) is 36.4 Å². The van der Waals surface area contributed by atoms with Crippen LogP contribution in [0, 0.1) is 0 Å². The Morgan fingerprint density at radius 1 is 0.818 bits per heavy atom. The Morgan fingerprint density at radius 2 is 1.48 bits per heavy atom. The first-order chi connectivity index (χ1) is 16.1. The highest BCUT2D eigenvalue weighted by molar-refractivity contribution is 6.13. The van der Waals surface area contributed by atoms with Crippen molar-refractivity contribution in [3.05, 3.63) is 120 Å². The molecule has 0 unspecified atom stereocenters. The lowest BCUT2D eigenvalue weighted by Crippen LogP contribution is -2.22. The maximum atomic E-state index is 12.8. The average Bonchev–Trinajstić information content (AvgIpc) is 3.32. The third-order valence-corrected chi connectivity index (χ3v) is 4.87. The van der Waals surface area contributed by atoms with Gasteiger partial charge in [0.05, 0.1) is 24.0 Å². The molecule has 0 aliphatic heterocycles. The van der Waals surface area contributed by atoms with E-state index in [1.165, 1.54) is 6.20 Å². The van der Waals surface area contributed by atoms with Gasteiger partial charge in [0.2, 0.25) is 0 Å². The Bertz CT molecular complexity index is 1270. The molecule has 0 saturated carbocycles. The van der Waals surface area contributed by atoms with Gasteiger partial charge in [-0.1, -0.05) is 72.8 Å². The molecule has 4 aromatic rings. The lowest BCUT2D eigenvalue weighted by atomic mass is 10.0. The second kappa shape index (κ2) is 10.2. The van der Waals surface area contributed by atoms with Crippen LogP contribution < -0.4 is 5.32 Å². The van der Waals surface area contributed by atoms with E-state index in [0.29, 0.717) is 23.4 Å². The molecule has 33 heavy (non-hydrogen) atoms. The predicted octanol–water partition coefficient (Wildman–Crippen LogP) is 3.96. The summed E-state index contributed by atoms with van der Waals surface area (Å²) in [6, 6.07) is 25.2. The van der Waals surface area contributed by atoms with E-state index in [0.717, 1.165) is 5.56 Å². The zero-order chi connectivity index (χ0) is 23.0. The van der Waals surface area contributed by atoms with Crippen molar-refractivity contribution < 1.29 is 19.1 Å². The minimum Gasteiger partial charge on any atom is -0.452 e. The summed E-state index contributed by atoms with van der Waals surface area (Å²) in [6.45, 7) is 0.0252. The summed E-state index contributed by atoms with van der Waals surface area (Å²) in [5.74, 6) is -1.42. The Labute approximate surface area is 190 Å². The van der Waals surface area contributed by atoms with Gasteiger partial charge in [-0.05, 0) is 17.7 Å². The number of anilines is 1. The van der Waals surface area contributed by atoms with Crippen LogP contribution in [0.2, 0.25) is 0 Å². The van der Waals surface area contributed by atoms with Gasteiger partial charge >= 0.3 is 5.97 Å². The fourth-order valence-corrected chi connectivity index (χ4v) is 3.26. The number of nitrogens with one attached hydrogen (secondary N) is 1. The van der Waals surface area contributed by atoms with Crippen LogP contribution >= 0.6 is 0 Å². The third-order valence-electron chi connectivity index (χ3n) is 4.87. The molecule has 1 heterocycles. The van der Waals surface area contributed by atoms with Crippen LogP contribution in [0.1, 0.15) is 31.8 Å². The molecule has 7 nitrogen and oxygen atoms in total. The number of nitrogens with zero attached hydrogens (tertiary/aromatic N) is 2. The van der Waals surface area contributed by atoms with E-state index in [2.05, 4.69) is 10.4 Å². The molecule has 1 N–H and O–H groups in total. The van der Waals surface area contributed by atoms with Crippen LogP contribution in [0.3, 0.4) is 0 Å². The number of hydrogen-bond acceptors (Lipinski definition) is 5. The molecule has 0 radical (unpaired) electrons. The van der Waals surface area contributed by atoms with E-state index < -0.39 is 18.5 Å². The number of amides is 1. The van der Waals surface area contributed by atoms with Gasteiger partial charge in [-0.15, -0.1) is 0 Å². The summed E-state index contributed by atoms with van der Waals surface area (Å²) in [5.41, 5.74) is 2.51. The molecule has 7 heteroatoms. The van der Waals surface area contributed by atoms with Crippen LogP contribution in [0.5, 0.6) is 0 Å². The van der Waals surface area contributed by atoms with Gasteiger partial charge in [-0.3, -0.25) is 14.3 Å². The molecule has 1 aromatic heterocycles. The molecule has 0 fully saturated rings. The summed E-state index contributed by atoms with van der Waals surface area (Å²) in [7, 11) is 0. The molecular weight excluding hydrogens is 418 g/mol. The molecule has 0 aliphatic carbocycles. The molecule has 4 rings (SSSR count). The molecule has 0 atom stereocenters. The van der Waals surface area contributed by atoms with Gasteiger partial charge < -0.3 is 10.1 Å². The van der Waals surface area contributed by atoms with Gasteiger partial charge in [0.1, 0.15) is 0 Å². The maximum Gasteiger partial charge on any atom is 0.341 e. The predicted molar refractivity (Wildman–Crippen MR) is 123 cm³/mol. The molecule has 0 bridgehead atoms. The highest BCUT2D eigenvalue weighted by atomic mass is 16.5.